The van der Waals surface area contributed by atoms with Gasteiger partial charge in [0.05, 0.1) is 11.7 Å². The van der Waals surface area contributed by atoms with Crippen LogP contribution in [0.4, 0.5) is 4.39 Å². The summed E-state index contributed by atoms with van der Waals surface area (Å²) in [5.41, 5.74) is 3.94. The van der Waals surface area contributed by atoms with E-state index in [0.717, 1.165) is 10.9 Å². The average molecular weight is 337 g/mol. The Labute approximate surface area is 144 Å². The molecular formula is C19H16FN3O2. The SMILES string of the molecule is CC(Oc1ccc2ncccc2c1)C(=O)N/N=C/c1ccc(F)cc1. The van der Waals surface area contributed by atoms with E-state index in [4.69, 9.17) is 4.74 Å². The molecule has 5 nitrogen and oxygen atoms in total. The average Bonchev–Trinajstić information content (AvgIpc) is 2.63. The molecule has 1 heterocycles. The maximum absolute atomic E-state index is 12.8. The molecule has 0 fully saturated rings. The van der Waals surface area contributed by atoms with E-state index in [-0.39, 0.29) is 11.7 Å². The number of hydrazone groups is 1. The van der Waals surface area contributed by atoms with E-state index < -0.39 is 6.10 Å². The number of halogens is 1. The van der Waals surface area contributed by atoms with Gasteiger partial charge in [-0.05, 0) is 48.9 Å². The second-order valence-corrected chi connectivity index (χ2v) is 5.40. The summed E-state index contributed by atoms with van der Waals surface area (Å²) in [5, 5.41) is 4.78. The van der Waals surface area contributed by atoms with Crippen molar-refractivity contribution in [2.75, 3.05) is 0 Å². The summed E-state index contributed by atoms with van der Waals surface area (Å²) in [7, 11) is 0. The highest BCUT2D eigenvalue weighted by Crippen LogP contribution is 2.19. The molecule has 1 atom stereocenters. The van der Waals surface area contributed by atoms with Crippen LogP contribution in [0.25, 0.3) is 10.9 Å². The lowest BCUT2D eigenvalue weighted by Gasteiger charge is -2.13. The highest BCUT2D eigenvalue weighted by Gasteiger charge is 2.14. The molecule has 1 aromatic heterocycles. The Bertz CT molecular complexity index is 910. The lowest BCUT2D eigenvalue weighted by atomic mass is 10.2. The van der Waals surface area contributed by atoms with E-state index in [0.29, 0.717) is 11.3 Å². The molecule has 3 rings (SSSR count). The van der Waals surface area contributed by atoms with Crippen LogP contribution >= 0.6 is 0 Å². The number of nitrogens with zero attached hydrogens (tertiary/aromatic N) is 2. The van der Waals surface area contributed by atoms with Crippen LogP contribution in [0, 0.1) is 5.82 Å². The van der Waals surface area contributed by atoms with Gasteiger partial charge in [-0.15, -0.1) is 0 Å². The number of benzene rings is 2. The first-order valence-electron chi connectivity index (χ1n) is 7.72. The highest BCUT2D eigenvalue weighted by atomic mass is 19.1. The number of carbonyl (C=O) groups excluding carboxylic acids is 1. The zero-order valence-electron chi connectivity index (χ0n) is 13.5. The molecule has 126 valence electrons. The first-order valence-corrected chi connectivity index (χ1v) is 7.72. The predicted molar refractivity (Wildman–Crippen MR) is 94.0 cm³/mol. The van der Waals surface area contributed by atoms with Crippen molar-refractivity contribution in [2.45, 2.75) is 13.0 Å². The van der Waals surface area contributed by atoms with Crippen LogP contribution in [-0.4, -0.2) is 23.2 Å². The normalized spacial score (nSPS) is 12.2. The molecule has 0 aliphatic carbocycles. The summed E-state index contributed by atoms with van der Waals surface area (Å²) in [5.74, 6) is -0.135. The maximum Gasteiger partial charge on any atom is 0.280 e. The zero-order chi connectivity index (χ0) is 17.6. The van der Waals surface area contributed by atoms with Crippen molar-refractivity contribution >= 4 is 23.0 Å². The van der Waals surface area contributed by atoms with Crippen LogP contribution in [0.15, 0.2) is 65.9 Å². The number of ether oxygens (including phenoxy) is 1. The molecular weight excluding hydrogens is 321 g/mol. The van der Waals surface area contributed by atoms with Crippen molar-refractivity contribution in [2.24, 2.45) is 5.10 Å². The topological polar surface area (TPSA) is 63.6 Å². The monoisotopic (exact) mass is 337 g/mol. The third-order valence-corrected chi connectivity index (χ3v) is 3.51. The summed E-state index contributed by atoms with van der Waals surface area (Å²) in [4.78, 5) is 16.3. The molecule has 3 aromatic rings. The van der Waals surface area contributed by atoms with Crippen molar-refractivity contribution in [3.8, 4) is 5.75 Å². The molecule has 25 heavy (non-hydrogen) atoms. The molecule has 0 saturated carbocycles. The summed E-state index contributed by atoms with van der Waals surface area (Å²) < 4.78 is 18.5. The number of hydrogen-bond acceptors (Lipinski definition) is 4. The summed E-state index contributed by atoms with van der Waals surface area (Å²) in [6.07, 6.45) is 2.43. The molecule has 1 N–H and O–H groups in total. The van der Waals surface area contributed by atoms with Gasteiger partial charge >= 0.3 is 0 Å². The Hall–Kier alpha value is -3.28. The van der Waals surface area contributed by atoms with Gasteiger partial charge < -0.3 is 4.74 Å². The Morgan fingerprint density at radius 2 is 2.04 bits per heavy atom. The van der Waals surface area contributed by atoms with Crippen LogP contribution in [0.1, 0.15) is 12.5 Å². The predicted octanol–water partition coefficient (Wildman–Crippen LogP) is 3.29. The van der Waals surface area contributed by atoms with Crippen molar-refractivity contribution in [3.63, 3.8) is 0 Å². The standard InChI is InChI=1S/C19H16FN3O2/c1-13(19(24)23-22-12-14-4-6-16(20)7-5-14)25-17-8-9-18-15(11-17)3-2-10-21-18/h2-13H,1H3,(H,23,24)/b22-12+. The summed E-state index contributed by atoms with van der Waals surface area (Å²) in [6.45, 7) is 1.64. The van der Waals surface area contributed by atoms with Crippen LogP contribution in [0.5, 0.6) is 5.75 Å². The van der Waals surface area contributed by atoms with Crippen molar-refractivity contribution in [1.29, 1.82) is 0 Å². The van der Waals surface area contributed by atoms with Gasteiger partial charge in [-0.25, -0.2) is 9.82 Å². The first-order chi connectivity index (χ1) is 12.1. The third-order valence-electron chi connectivity index (χ3n) is 3.51. The molecule has 1 amide bonds. The van der Waals surface area contributed by atoms with E-state index >= 15 is 0 Å². The van der Waals surface area contributed by atoms with Gasteiger partial charge in [0.25, 0.3) is 5.91 Å². The Morgan fingerprint density at radius 1 is 1.24 bits per heavy atom. The molecule has 1 unspecified atom stereocenters. The zero-order valence-corrected chi connectivity index (χ0v) is 13.5. The van der Waals surface area contributed by atoms with E-state index in [1.54, 1.807) is 31.3 Å². The molecule has 0 bridgehead atoms. The first kappa shape index (κ1) is 16.6. The minimum Gasteiger partial charge on any atom is -0.481 e. The lowest BCUT2D eigenvalue weighted by Crippen LogP contribution is -2.33. The molecule has 0 radical (unpaired) electrons. The van der Waals surface area contributed by atoms with Gasteiger partial charge in [-0.2, -0.15) is 5.10 Å². The fourth-order valence-electron chi connectivity index (χ4n) is 2.19. The minimum absolute atomic E-state index is 0.325. The van der Waals surface area contributed by atoms with E-state index in [1.165, 1.54) is 18.3 Å². The van der Waals surface area contributed by atoms with E-state index in [1.807, 2.05) is 24.3 Å². The second-order valence-electron chi connectivity index (χ2n) is 5.40. The molecule has 0 spiro atoms. The Balaban J connectivity index is 1.58. The molecule has 2 aromatic carbocycles. The van der Waals surface area contributed by atoms with Crippen LogP contribution in [-0.2, 0) is 4.79 Å². The molecule has 0 aliphatic heterocycles. The number of nitrogens with one attached hydrogen (secondary N) is 1. The Kier molecular flexibility index (Phi) is 4.99. The number of amides is 1. The minimum atomic E-state index is -0.723. The van der Waals surface area contributed by atoms with Crippen molar-refractivity contribution in [1.82, 2.24) is 10.4 Å². The molecule has 0 aliphatic rings. The highest BCUT2D eigenvalue weighted by molar-refractivity contribution is 5.84. The van der Waals surface area contributed by atoms with E-state index in [9.17, 15) is 9.18 Å². The lowest BCUT2D eigenvalue weighted by molar-refractivity contribution is -0.127. The Morgan fingerprint density at radius 3 is 2.84 bits per heavy atom. The summed E-state index contributed by atoms with van der Waals surface area (Å²) >= 11 is 0. The fraction of sp³-hybridized carbons (Fsp3) is 0.105. The second kappa shape index (κ2) is 7.53. The largest absolute Gasteiger partial charge is 0.481 e. The van der Waals surface area contributed by atoms with Gasteiger partial charge in [-0.3, -0.25) is 9.78 Å². The summed E-state index contributed by atoms with van der Waals surface area (Å²) in [6, 6.07) is 15.0. The third kappa shape index (κ3) is 4.38. The smallest absolute Gasteiger partial charge is 0.280 e. The van der Waals surface area contributed by atoms with Crippen molar-refractivity contribution < 1.29 is 13.9 Å². The van der Waals surface area contributed by atoms with E-state index in [2.05, 4.69) is 15.5 Å². The van der Waals surface area contributed by atoms with Gasteiger partial charge in [-0.1, -0.05) is 18.2 Å². The van der Waals surface area contributed by atoms with Crippen LogP contribution in [0.3, 0.4) is 0 Å². The number of hydrogen-bond donors (Lipinski definition) is 1. The number of carbonyl (C=O) groups is 1. The van der Waals surface area contributed by atoms with Gasteiger partial charge in [0.15, 0.2) is 6.10 Å². The number of pyridine rings is 1. The number of rotatable bonds is 5. The molecule has 6 heteroatoms. The van der Waals surface area contributed by atoms with Crippen molar-refractivity contribution in [3.05, 3.63) is 72.2 Å². The van der Waals surface area contributed by atoms with Gasteiger partial charge in [0.2, 0.25) is 0 Å². The fourth-order valence-corrected chi connectivity index (χ4v) is 2.19. The van der Waals surface area contributed by atoms with Crippen LogP contribution in [0.2, 0.25) is 0 Å². The number of aromatic nitrogens is 1. The van der Waals surface area contributed by atoms with Gasteiger partial charge in [0, 0.05) is 11.6 Å². The molecule has 0 saturated heterocycles. The number of fused-ring (bicyclic) bond motifs is 1. The van der Waals surface area contributed by atoms with Gasteiger partial charge in [0.1, 0.15) is 11.6 Å². The maximum atomic E-state index is 12.8. The van der Waals surface area contributed by atoms with Crippen LogP contribution < -0.4 is 10.2 Å². The quantitative estimate of drug-likeness (QED) is 0.574.